The van der Waals surface area contributed by atoms with Crippen LogP contribution in [0.2, 0.25) is 0 Å². The summed E-state index contributed by atoms with van der Waals surface area (Å²) in [6, 6.07) is 69.9. The molecule has 3 aliphatic carbocycles. The largest absolute Gasteiger partial charge is 0.311 e. The molecule has 1 heterocycles. The Morgan fingerprint density at radius 2 is 1.13 bits per heavy atom. The Hall–Kier alpha value is -6.64. The van der Waals surface area contributed by atoms with Gasteiger partial charge in [-0.05, 0) is 144 Å². The quantitative estimate of drug-likeness (QED) is 0.147. The molecule has 8 aromatic carbocycles. The lowest BCUT2D eigenvalue weighted by molar-refractivity contribution is 0.272. The van der Waals surface area contributed by atoms with Gasteiger partial charge in [0.1, 0.15) is 0 Å². The van der Waals surface area contributed by atoms with Crippen molar-refractivity contribution < 1.29 is 0 Å². The topological polar surface area (TPSA) is 8.17 Å². The molecule has 1 saturated carbocycles. The molecule has 0 radical (unpaired) electrons. The number of fused-ring (bicyclic) bond motifs is 6. The van der Waals surface area contributed by atoms with Gasteiger partial charge in [0.05, 0.1) is 16.7 Å². The van der Waals surface area contributed by atoms with Gasteiger partial charge in [-0.1, -0.05) is 146 Å². The summed E-state index contributed by atoms with van der Waals surface area (Å²) >= 11 is 0. The van der Waals surface area contributed by atoms with Crippen molar-refractivity contribution in [3.05, 3.63) is 205 Å². The first-order chi connectivity index (χ1) is 29.6. The fourth-order valence-corrected chi connectivity index (χ4v) is 11.8. The number of rotatable bonds is 7. The highest BCUT2D eigenvalue weighted by Gasteiger charge is 2.49. The Bertz CT molecular complexity index is 3080. The number of hydrogen-bond acceptors (Lipinski definition) is 1. The van der Waals surface area contributed by atoms with E-state index in [1.807, 2.05) is 0 Å². The van der Waals surface area contributed by atoms with Crippen LogP contribution < -0.4 is 4.90 Å². The summed E-state index contributed by atoms with van der Waals surface area (Å²) in [5, 5.41) is 5.06. The third-order valence-electron chi connectivity index (χ3n) is 14.3. The number of aromatic nitrogens is 1. The Morgan fingerprint density at radius 1 is 0.517 bits per heavy atom. The minimum absolute atomic E-state index is 0.203. The fraction of sp³-hybridized carbons (Fsp3) is 0.172. The number of benzene rings is 8. The lowest BCUT2D eigenvalue weighted by Crippen LogP contribution is -2.28. The zero-order valence-electron chi connectivity index (χ0n) is 34.1. The summed E-state index contributed by atoms with van der Waals surface area (Å²) in [6.45, 7) is 2.50. The first kappa shape index (κ1) is 35.3. The highest BCUT2D eigenvalue weighted by Crippen LogP contribution is 2.59. The molecule has 3 aliphatic rings. The first-order valence-electron chi connectivity index (χ1n) is 22.0. The van der Waals surface area contributed by atoms with E-state index in [1.54, 1.807) is 5.57 Å². The maximum atomic E-state index is 2.67. The van der Waals surface area contributed by atoms with E-state index in [4.69, 9.17) is 0 Å². The number of nitrogens with zero attached hydrogens (tertiary/aromatic N) is 2. The molecule has 0 N–H and O–H groups in total. The molecule has 290 valence electrons. The summed E-state index contributed by atoms with van der Waals surface area (Å²) in [7, 11) is 0. The molecule has 3 bridgehead atoms. The molecule has 0 aliphatic heterocycles. The highest BCUT2D eigenvalue weighted by atomic mass is 15.1. The number of allylic oxidation sites excluding steroid dienone is 2. The second kappa shape index (κ2) is 14.0. The van der Waals surface area contributed by atoms with Gasteiger partial charge in [-0.2, -0.15) is 0 Å². The van der Waals surface area contributed by atoms with Crippen molar-refractivity contribution in [3.63, 3.8) is 0 Å². The molecule has 1 aromatic heterocycles. The van der Waals surface area contributed by atoms with Crippen LogP contribution in [0.25, 0.3) is 60.5 Å². The van der Waals surface area contributed by atoms with Crippen molar-refractivity contribution in [1.82, 2.24) is 4.57 Å². The average Bonchev–Trinajstić information content (AvgIpc) is 3.72. The molecule has 2 heteroatoms. The lowest BCUT2D eigenvalue weighted by atomic mass is 9.69. The van der Waals surface area contributed by atoms with Crippen molar-refractivity contribution >= 4 is 49.6 Å². The van der Waals surface area contributed by atoms with Gasteiger partial charge in [-0.15, -0.1) is 0 Å². The Kier molecular flexibility index (Phi) is 8.23. The summed E-state index contributed by atoms with van der Waals surface area (Å²) in [6.07, 6.45) is 9.32. The molecule has 12 rings (SSSR count). The second-order valence-electron chi connectivity index (χ2n) is 18.0. The van der Waals surface area contributed by atoms with E-state index in [2.05, 4.69) is 211 Å². The monoisotopic (exact) mass is 772 g/mol. The van der Waals surface area contributed by atoms with Crippen LogP contribution in [0.1, 0.15) is 44.6 Å². The molecule has 60 heavy (non-hydrogen) atoms. The van der Waals surface area contributed by atoms with Gasteiger partial charge in [0.2, 0.25) is 0 Å². The minimum Gasteiger partial charge on any atom is -0.311 e. The van der Waals surface area contributed by atoms with E-state index in [0.29, 0.717) is 0 Å². The van der Waals surface area contributed by atoms with Crippen LogP contribution in [0.4, 0.5) is 17.1 Å². The molecular formula is C58H48N2. The van der Waals surface area contributed by atoms with Gasteiger partial charge in [0.25, 0.3) is 0 Å². The van der Waals surface area contributed by atoms with E-state index >= 15 is 0 Å². The summed E-state index contributed by atoms with van der Waals surface area (Å²) in [5.41, 5.74) is 15.4. The smallest absolute Gasteiger partial charge is 0.0547 e. The summed E-state index contributed by atoms with van der Waals surface area (Å²) in [4.78, 5) is 2.43. The molecule has 9 aromatic rings. The van der Waals surface area contributed by atoms with Crippen LogP contribution in [0.3, 0.4) is 0 Å². The molecule has 2 unspecified atom stereocenters. The van der Waals surface area contributed by atoms with Crippen LogP contribution in [-0.4, -0.2) is 4.57 Å². The van der Waals surface area contributed by atoms with E-state index in [0.717, 1.165) is 29.1 Å². The van der Waals surface area contributed by atoms with E-state index in [-0.39, 0.29) is 5.41 Å². The average molecular weight is 773 g/mol. The normalized spacial score (nSPS) is 20.8. The van der Waals surface area contributed by atoms with Crippen molar-refractivity contribution in [3.8, 4) is 27.9 Å². The van der Waals surface area contributed by atoms with E-state index in [1.165, 1.54) is 104 Å². The van der Waals surface area contributed by atoms with Crippen LogP contribution in [-0.2, 0) is 5.41 Å². The fourth-order valence-electron chi connectivity index (χ4n) is 11.8. The van der Waals surface area contributed by atoms with Gasteiger partial charge in [-0.3, -0.25) is 0 Å². The zero-order valence-corrected chi connectivity index (χ0v) is 34.1. The number of anilines is 3. The van der Waals surface area contributed by atoms with Crippen LogP contribution in [0.5, 0.6) is 0 Å². The van der Waals surface area contributed by atoms with Gasteiger partial charge < -0.3 is 9.47 Å². The standard InChI is InChI=1S/C58H48N2/c1-39-31-40-32-41-34-48(33-40)58(37-39,38-41)47-23-29-51(30-24-47)59(49-25-19-43(20-26-49)42-11-3-2-4-12-42)50-27-21-44(22-28-50)52-15-7-9-17-55(52)60-56-18-10-8-16-53(56)54-35-45-13-5-6-14-46(45)36-57(54)60/h2-30,34-36,39-41H,31-33,37-38H2,1H3/t39-,40?,41+,58?/m0/s1. The van der Waals surface area contributed by atoms with Gasteiger partial charge >= 0.3 is 0 Å². The lowest BCUT2D eigenvalue weighted by Gasteiger charge is -2.35. The number of para-hydroxylation sites is 2. The highest BCUT2D eigenvalue weighted by molar-refractivity contribution is 6.14. The van der Waals surface area contributed by atoms with Crippen molar-refractivity contribution in [1.29, 1.82) is 0 Å². The van der Waals surface area contributed by atoms with E-state index < -0.39 is 0 Å². The summed E-state index contributed by atoms with van der Waals surface area (Å²) < 4.78 is 2.46. The van der Waals surface area contributed by atoms with Crippen molar-refractivity contribution in [2.45, 2.75) is 44.4 Å². The summed E-state index contributed by atoms with van der Waals surface area (Å²) in [5.74, 6) is 2.39. The van der Waals surface area contributed by atoms with Crippen LogP contribution in [0.15, 0.2) is 200 Å². The molecule has 1 fully saturated rings. The third-order valence-corrected chi connectivity index (χ3v) is 14.3. The molecule has 0 saturated heterocycles. The Balaban J connectivity index is 0.951. The Labute approximate surface area is 353 Å². The Morgan fingerprint density at radius 3 is 1.90 bits per heavy atom. The minimum atomic E-state index is 0.203. The SMILES string of the molecule is C[C@H]1CC2CC3=C[C@@H](C2)CC3(c2ccc(N(c3ccc(-c4ccccc4)cc3)c3ccc(-c4ccccc4-n4c5ccccc5c5cc6ccccc6cc54)cc3)cc2)C1. The number of hydrogen-bond donors (Lipinski definition) is 0. The van der Waals surface area contributed by atoms with Crippen molar-refractivity contribution in [2.24, 2.45) is 17.8 Å². The van der Waals surface area contributed by atoms with Crippen molar-refractivity contribution in [2.75, 3.05) is 4.90 Å². The molecule has 2 nitrogen and oxygen atoms in total. The third kappa shape index (κ3) is 5.76. The van der Waals surface area contributed by atoms with Gasteiger partial charge in [0.15, 0.2) is 0 Å². The van der Waals surface area contributed by atoms with Crippen LogP contribution in [0, 0.1) is 17.8 Å². The van der Waals surface area contributed by atoms with Gasteiger partial charge in [0, 0.05) is 38.8 Å². The van der Waals surface area contributed by atoms with E-state index in [9.17, 15) is 0 Å². The maximum Gasteiger partial charge on any atom is 0.0547 e. The van der Waals surface area contributed by atoms with Crippen LogP contribution >= 0.6 is 0 Å². The predicted molar refractivity (Wildman–Crippen MR) is 253 cm³/mol. The predicted octanol–water partition coefficient (Wildman–Crippen LogP) is 15.8. The first-order valence-corrected chi connectivity index (χ1v) is 22.0. The molecule has 0 spiro atoms. The maximum absolute atomic E-state index is 2.67. The second-order valence-corrected chi connectivity index (χ2v) is 18.0. The molecule has 0 amide bonds. The molecular weight excluding hydrogens is 725 g/mol. The van der Waals surface area contributed by atoms with Gasteiger partial charge in [-0.25, -0.2) is 0 Å². The molecule has 4 atom stereocenters. The zero-order chi connectivity index (χ0) is 39.8.